The van der Waals surface area contributed by atoms with Gasteiger partial charge in [0.05, 0.1) is 4.91 Å². The van der Waals surface area contributed by atoms with Gasteiger partial charge < -0.3 is 5.32 Å². The second-order valence-electron chi connectivity index (χ2n) is 6.02. The Morgan fingerprint density at radius 3 is 2.79 bits per heavy atom. The van der Waals surface area contributed by atoms with Gasteiger partial charge in [-0.25, -0.2) is 0 Å². The molecule has 8 heteroatoms. The zero-order valence-corrected chi connectivity index (χ0v) is 19.2. The van der Waals surface area contributed by atoms with E-state index in [1.165, 1.54) is 11.8 Å². The number of anilines is 1. The molecular formula is C20H16ClIN2O2S2. The van der Waals surface area contributed by atoms with Gasteiger partial charge in [-0.3, -0.25) is 14.5 Å². The van der Waals surface area contributed by atoms with Crippen LogP contribution in [0.15, 0.2) is 53.4 Å². The lowest BCUT2D eigenvalue weighted by Crippen LogP contribution is -2.29. The van der Waals surface area contributed by atoms with Crippen molar-refractivity contribution in [2.45, 2.75) is 12.8 Å². The molecule has 4 nitrogen and oxygen atoms in total. The van der Waals surface area contributed by atoms with E-state index in [0.29, 0.717) is 33.6 Å². The molecular weight excluding hydrogens is 527 g/mol. The molecule has 1 aliphatic rings. The predicted octanol–water partition coefficient (Wildman–Crippen LogP) is 5.56. The summed E-state index contributed by atoms with van der Waals surface area (Å²) >= 11 is 15.0. The average Bonchev–Trinajstić information content (AvgIpc) is 2.91. The Labute approximate surface area is 191 Å². The molecule has 0 spiro atoms. The van der Waals surface area contributed by atoms with Gasteiger partial charge in [0, 0.05) is 27.2 Å². The van der Waals surface area contributed by atoms with Gasteiger partial charge in [0.2, 0.25) is 5.91 Å². The minimum atomic E-state index is -0.145. The van der Waals surface area contributed by atoms with E-state index in [-0.39, 0.29) is 11.8 Å². The fourth-order valence-corrected chi connectivity index (χ4v) is 4.65. The summed E-state index contributed by atoms with van der Waals surface area (Å²) in [6.07, 6.45) is 2.60. The SMILES string of the molecule is O=C(CCCN1C(=O)/C(=C\c2ccccc2Cl)SC1=S)Nc1cccc(I)c1. The van der Waals surface area contributed by atoms with Crippen molar-refractivity contribution in [2.75, 3.05) is 11.9 Å². The van der Waals surface area contributed by atoms with Gasteiger partial charge in [-0.1, -0.05) is 59.8 Å². The van der Waals surface area contributed by atoms with E-state index in [1.807, 2.05) is 42.5 Å². The summed E-state index contributed by atoms with van der Waals surface area (Å²) in [6.45, 7) is 0.407. The van der Waals surface area contributed by atoms with Gasteiger partial charge in [-0.2, -0.15) is 0 Å². The molecule has 1 saturated heterocycles. The maximum absolute atomic E-state index is 12.6. The van der Waals surface area contributed by atoms with Crippen LogP contribution in [0, 0.1) is 3.57 Å². The van der Waals surface area contributed by atoms with Gasteiger partial charge in [0.15, 0.2) is 0 Å². The summed E-state index contributed by atoms with van der Waals surface area (Å²) in [6, 6.07) is 14.9. The maximum Gasteiger partial charge on any atom is 0.266 e. The Morgan fingerprint density at radius 2 is 2.04 bits per heavy atom. The minimum absolute atomic E-state index is 0.0842. The lowest BCUT2D eigenvalue weighted by molar-refractivity contribution is -0.122. The van der Waals surface area contributed by atoms with Crippen LogP contribution >= 0.6 is 58.2 Å². The summed E-state index contributed by atoms with van der Waals surface area (Å²) in [5.74, 6) is -0.230. The van der Waals surface area contributed by atoms with Crippen LogP contribution in [0.5, 0.6) is 0 Å². The maximum atomic E-state index is 12.6. The Hall–Kier alpha value is -1.42. The molecule has 0 aliphatic carbocycles. The van der Waals surface area contributed by atoms with Crippen LogP contribution in [0.1, 0.15) is 18.4 Å². The molecule has 144 valence electrons. The van der Waals surface area contributed by atoms with Gasteiger partial charge in [0.25, 0.3) is 5.91 Å². The van der Waals surface area contributed by atoms with Gasteiger partial charge in [-0.15, -0.1) is 0 Å². The molecule has 1 fully saturated rings. The smallest absolute Gasteiger partial charge is 0.266 e. The fourth-order valence-electron chi connectivity index (χ4n) is 2.61. The standard InChI is InChI=1S/C20H16ClIN2O2S2/c21-16-8-2-1-5-13(16)11-17-19(26)24(20(27)28-17)10-4-9-18(25)23-15-7-3-6-14(22)12-15/h1-3,5-8,11-12H,4,9-10H2,(H,23,25)/b17-11+. The molecule has 2 aromatic rings. The van der Waals surface area contributed by atoms with E-state index in [1.54, 1.807) is 17.0 Å². The molecule has 0 saturated carbocycles. The summed E-state index contributed by atoms with van der Waals surface area (Å²) in [5.41, 5.74) is 1.55. The number of hydrogen-bond acceptors (Lipinski definition) is 4. The zero-order valence-electron chi connectivity index (χ0n) is 14.7. The molecule has 3 rings (SSSR count). The Bertz CT molecular complexity index is 965. The van der Waals surface area contributed by atoms with Crippen LogP contribution in [0.4, 0.5) is 5.69 Å². The third kappa shape index (κ3) is 5.56. The Morgan fingerprint density at radius 1 is 1.25 bits per heavy atom. The van der Waals surface area contributed by atoms with E-state index in [0.717, 1.165) is 14.8 Å². The summed E-state index contributed by atoms with van der Waals surface area (Å²) in [7, 11) is 0. The molecule has 1 heterocycles. The number of halogens is 2. The molecule has 0 bridgehead atoms. The first-order chi connectivity index (χ1) is 13.4. The Kier molecular flexibility index (Phi) is 7.50. The number of amides is 2. The van der Waals surface area contributed by atoms with Crippen molar-refractivity contribution < 1.29 is 9.59 Å². The first-order valence-corrected chi connectivity index (χ1v) is 11.2. The van der Waals surface area contributed by atoms with E-state index < -0.39 is 0 Å². The number of thiocarbonyl (C=S) groups is 1. The highest BCUT2D eigenvalue weighted by atomic mass is 127. The number of nitrogens with one attached hydrogen (secondary N) is 1. The van der Waals surface area contributed by atoms with Crippen molar-refractivity contribution in [1.29, 1.82) is 0 Å². The zero-order chi connectivity index (χ0) is 20.1. The van der Waals surface area contributed by atoms with Crippen molar-refractivity contribution >= 4 is 86.1 Å². The first kappa shape index (κ1) is 21.3. The number of hydrogen-bond donors (Lipinski definition) is 1. The number of thioether (sulfide) groups is 1. The van der Waals surface area contributed by atoms with Crippen LogP contribution in [0.25, 0.3) is 6.08 Å². The lowest BCUT2D eigenvalue weighted by atomic mass is 10.2. The molecule has 2 aromatic carbocycles. The highest BCUT2D eigenvalue weighted by Gasteiger charge is 2.31. The monoisotopic (exact) mass is 542 g/mol. The number of carbonyl (C=O) groups excluding carboxylic acids is 2. The minimum Gasteiger partial charge on any atom is -0.326 e. The van der Waals surface area contributed by atoms with E-state index in [2.05, 4.69) is 27.9 Å². The molecule has 0 radical (unpaired) electrons. The van der Waals surface area contributed by atoms with Crippen LogP contribution in [0.2, 0.25) is 5.02 Å². The largest absolute Gasteiger partial charge is 0.326 e. The van der Waals surface area contributed by atoms with Crippen molar-refractivity contribution in [1.82, 2.24) is 4.90 Å². The van der Waals surface area contributed by atoms with Crippen molar-refractivity contribution in [3.63, 3.8) is 0 Å². The third-order valence-corrected chi connectivity index (χ3v) is 6.35. The molecule has 0 atom stereocenters. The van der Waals surface area contributed by atoms with Crippen LogP contribution in [-0.4, -0.2) is 27.6 Å². The number of carbonyl (C=O) groups is 2. The van der Waals surface area contributed by atoms with Crippen LogP contribution in [-0.2, 0) is 9.59 Å². The summed E-state index contributed by atoms with van der Waals surface area (Å²) in [4.78, 5) is 26.8. The second kappa shape index (κ2) is 9.87. The van der Waals surface area contributed by atoms with Gasteiger partial charge in [0.1, 0.15) is 4.32 Å². The molecule has 2 amide bonds. The quantitative estimate of drug-likeness (QED) is 0.295. The highest BCUT2D eigenvalue weighted by molar-refractivity contribution is 14.1. The van der Waals surface area contributed by atoms with E-state index in [9.17, 15) is 9.59 Å². The van der Waals surface area contributed by atoms with E-state index in [4.69, 9.17) is 23.8 Å². The molecule has 28 heavy (non-hydrogen) atoms. The van der Waals surface area contributed by atoms with E-state index >= 15 is 0 Å². The van der Waals surface area contributed by atoms with Crippen LogP contribution in [0.3, 0.4) is 0 Å². The average molecular weight is 543 g/mol. The first-order valence-electron chi connectivity index (χ1n) is 8.49. The number of nitrogens with zero attached hydrogens (tertiary/aromatic N) is 1. The van der Waals surface area contributed by atoms with Gasteiger partial charge >= 0.3 is 0 Å². The third-order valence-electron chi connectivity index (χ3n) is 3.96. The Balaban J connectivity index is 1.55. The van der Waals surface area contributed by atoms with Crippen molar-refractivity contribution in [2.24, 2.45) is 0 Å². The molecule has 1 N–H and O–H groups in total. The lowest BCUT2D eigenvalue weighted by Gasteiger charge is -2.14. The molecule has 1 aliphatic heterocycles. The highest BCUT2D eigenvalue weighted by Crippen LogP contribution is 2.33. The second-order valence-corrected chi connectivity index (χ2v) is 9.35. The number of rotatable bonds is 6. The number of benzene rings is 2. The summed E-state index contributed by atoms with van der Waals surface area (Å²) in [5, 5.41) is 3.45. The van der Waals surface area contributed by atoms with Crippen LogP contribution < -0.4 is 5.32 Å². The predicted molar refractivity (Wildman–Crippen MR) is 128 cm³/mol. The normalized spacial score (nSPS) is 15.4. The molecule has 0 aromatic heterocycles. The van der Waals surface area contributed by atoms with Gasteiger partial charge in [-0.05, 0) is 64.9 Å². The topological polar surface area (TPSA) is 49.4 Å². The fraction of sp³-hybridized carbons (Fsp3) is 0.150. The summed E-state index contributed by atoms with van der Waals surface area (Å²) < 4.78 is 1.56. The van der Waals surface area contributed by atoms with Crippen molar-refractivity contribution in [3.05, 3.63) is 67.6 Å². The van der Waals surface area contributed by atoms with Crippen molar-refractivity contribution in [3.8, 4) is 0 Å². The molecule has 0 unspecified atom stereocenters.